The number of hydrogen-bond acceptors (Lipinski definition) is 3. The minimum absolute atomic E-state index is 0.229. The molecule has 0 heterocycles. The number of rotatable bonds is 8. The van der Waals surface area contributed by atoms with Gasteiger partial charge in [-0.15, -0.1) is 0 Å². The molecule has 0 aliphatic carbocycles. The maximum atomic E-state index is 12.0. The third kappa shape index (κ3) is 5.41. The van der Waals surface area contributed by atoms with Gasteiger partial charge in [-0.3, -0.25) is 4.79 Å². The lowest BCUT2D eigenvalue weighted by molar-refractivity contribution is -0.148. The average Bonchev–Trinajstić information content (AvgIpc) is 2.60. The molecule has 0 spiro atoms. The van der Waals surface area contributed by atoms with Gasteiger partial charge in [0.25, 0.3) is 0 Å². The van der Waals surface area contributed by atoms with E-state index in [2.05, 4.69) is 19.9 Å². The van der Waals surface area contributed by atoms with Crippen LogP contribution in [0.3, 0.4) is 0 Å². The van der Waals surface area contributed by atoms with Gasteiger partial charge in [0.2, 0.25) is 0 Å². The number of carbonyl (C=O) groups is 1. The highest BCUT2D eigenvalue weighted by atomic mass is 16.6. The van der Waals surface area contributed by atoms with Gasteiger partial charge in [0.15, 0.2) is 0 Å². The van der Waals surface area contributed by atoms with E-state index in [-0.39, 0.29) is 18.5 Å². The van der Waals surface area contributed by atoms with Crippen molar-refractivity contribution in [2.45, 2.75) is 45.6 Å². The fraction of sp³-hybridized carbons (Fsp3) is 0.381. The van der Waals surface area contributed by atoms with E-state index < -0.39 is 0 Å². The van der Waals surface area contributed by atoms with Crippen LogP contribution < -0.4 is 4.74 Å². The fourth-order valence-electron chi connectivity index (χ4n) is 2.51. The topological polar surface area (TPSA) is 35.5 Å². The summed E-state index contributed by atoms with van der Waals surface area (Å²) in [5.41, 5.74) is 2.15. The zero-order valence-electron chi connectivity index (χ0n) is 14.7. The van der Waals surface area contributed by atoms with Crippen molar-refractivity contribution in [3.8, 4) is 5.75 Å². The van der Waals surface area contributed by atoms with Crippen molar-refractivity contribution in [3.05, 3.63) is 65.7 Å². The van der Waals surface area contributed by atoms with Crippen LogP contribution in [0.5, 0.6) is 5.75 Å². The summed E-state index contributed by atoms with van der Waals surface area (Å²) in [7, 11) is 0. The van der Waals surface area contributed by atoms with Crippen LogP contribution in [0.4, 0.5) is 0 Å². The normalized spacial score (nSPS) is 13.1. The highest BCUT2D eigenvalue weighted by molar-refractivity contribution is 5.72. The van der Waals surface area contributed by atoms with Crippen LogP contribution in [-0.4, -0.2) is 18.7 Å². The first-order valence-corrected chi connectivity index (χ1v) is 8.55. The van der Waals surface area contributed by atoms with Crippen LogP contribution in [-0.2, 0) is 16.0 Å². The van der Waals surface area contributed by atoms with Gasteiger partial charge in [-0.2, -0.15) is 0 Å². The number of para-hydroxylation sites is 1. The molecular formula is C21H26O3. The third-order valence-corrected chi connectivity index (χ3v) is 4.06. The van der Waals surface area contributed by atoms with Crippen molar-refractivity contribution in [3.63, 3.8) is 0 Å². The molecule has 0 aliphatic heterocycles. The standard InChI is InChI=1S/C21H26O3/c1-4-16(2)19-12-8-9-13-20(19)23-15-17(3)24-21(22)14-18-10-6-5-7-11-18/h5-13,16-17H,4,14-15H2,1-3H3/t16-,17-/m1/s1. The van der Waals surface area contributed by atoms with Gasteiger partial charge in [-0.1, -0.05) is 62.4 Å². The molecule has 0 saturated carbocycles. The predicted molar refractivity (Wildman–Crippen MR) is 96.3 cm³/mol. The fourth-order valence-corrected chi connectivity index (χ4v) is 2.51. The Morgan fingerprint density at radius 2 is 1.67 bits per heavy atom. The molecule has 3 nitrogen and oxygen atoms in total. The summed E-state index contributed by atoms with van der Waals surface area (Å²) in [6.45, 7) is 6.56. The Hall–Kier alpha value is -2.29. The molecule has 0 amide bonds. The Balaban J connectivity index is 1.85. The van der Waals surface area contributed by atoms with Gasteiger partial charge in [0.05, 0.1) is 6.42 Å². The van der Waals surface area contributed by atoms with Gasteiger partial charge in [0.1, 0.15) is 18.5 Å². The van der Waals surface area contributed by atoms with E-state index in [1.165, 1.54) is 5.56 Å². The Morgan fingerprint density at radius 3 is 2.38 bits per heavy atom. The van der Waals surface area contributed by atoms with Crippen LogP contribution in [0.15, 0.2) is 54.6 Å². The second-order valence-electron chi connectivity index (χ2n) is 6.12. The minimum atomic E-state index is -0.286. The maximum absolute atomic E-state index is 12.0. The number of carbonyl (C=O) groups excluding carboxylic acids is 1. The first-order chi connectivity index (χ1) is 11.6. The highest BCUT2D eigenvalue weighted by Crippen LogP contribution is 2.28. The van der Waals surface area contributed by atoms with Crippen molar-refractivity contribution >= 4 is 5.97 Å². The molecule has 2 atom stereocenters. The van der Waals surface area contributed by atoms with E-state index >= 15 is 0 Å². The zero-order valence-corrected chi connectivity index (χ0v) is 14.7. The first-order valence-electron chi connectivity index (χ1n) is 8.55. The molecule has 2 aromatic rings. The second-order valence-corrected chi connectivity index (χ2v) is 6.12. The Labute approximate surface area is 144 Å². The van der Waals surface area contributed by atoms with Gasteiger partial charge >= 0.3 is 5.97 Å². The summed E-state index contributed by atoms with van der Waals surface area (Å²) in [6, 6.07) is 17.7. The van der Waals surface area contributed by atoms with Crippen LogP contribution >= 0.6 is 0 Å². The maximum Gasteiger partial charge on any atom is 0.310 e. The van der Waals surface area contributed by atoms with Gasteiger partial charge < -0.3 is 9.47 Å². The van der Waals surface area contributed by atoms with Gasteiger partial charge in [-0.05, 0) is 36.5 Å². The molecule has 2 rings (SSSR count). The number of esters is 1. The lowest BCUT2D eigenvalue weighted by Gasteiger charge is -2.18. The van der Waals surface area contributed by atoms with Crippen LogP contribution in [0.1, 0.15) is 44.2 Å². The predicted octanol–water partition coefficient (Wildman–Crippen LogP) is 4.75. The number of benzene rings is 2. The van der Waals surface area contributed by atoms with Crippen LogP contribution in [0.25, 0.3) is 0 Å². The SMILES string of the molecule is CC[C@@H](C)c1ccccc1OC[C@@H](C)OC(=O)Cc1ccccc1. The zero-order chi connectivity index (χ0) is 17.4. The molecule has 0 N–H and O–H groups in total. The molecule has 0 aromatic heterocycles. The summed E-state index contributed by atoms with van der Waals surface area (Å²) in [5, 5.41) is 0. The molecule has 2 aromatic carbocycles. The Kier molecular flexibility index (Phi) is 6.86. The van der Waals surface area contributed by atoms with Crippen molar-refractivity contribution in [2.24, 2.45) is 0 Å². The lowest BCUT2D eigenvalue weighted by atomic mass is 9.98. The molecule has 0 unspecified atom stereocenters. The van der Waals surface area contributed by atoms with E-state index in [1.54, 1.807) is 0 Å². The molecule has 3 heteroatoms. The molecule has 0 aliphatic rings. The summed E-state index contributed by atoms with van der Waals surface area (Å²) in [4.78, 5) is 12.0. The van der Waals surface area contributed by atoms with Gasteiger partial charge in [-0.25, -0.2) is 0 Å². The summed E-state index contributed by atoms with van der Waals surface area (Å²) in [5.74, 6) is 1.09. The molecule has 0 radical (unpaired) electrons. The van der Waals surface area contributed by atoms with E-state index in [0.717, 1.165) is 17.7 Å². The molecule has 0 bridgehead atoms. The van der Waals surface area contributed by atoms with Crippen LogP contribution in [0.2, 0.25) is 0 Å². The van der Waals surface area contributed by atoms with Crippen molar-refractivity contribution in [1.29, 1.82) is 0 Å². The molecule has 0 saturated heterocycles. The van der Waals surface area contributed by atoms with Crippen molar-refractivity contribution in [1.82, 2.24) is 0 Å². The minimum Gasteiger partial charge on any atom is -0.489 e. The Bertz CT molecular complexity index is 637. The third-order valence-electron chi connectivity index (χ3n) is 4.06. The Morgan fingerprint density at radius 1 is 1.00 bits per heavy atom. The average molecular weight is 326 g/mol. The molecule has 24 heavy (non-hydrogen) atoms. The summed E-state index contributed by atoms with van der Waals surface area (Å²) in [6.07, 6.45) is 1.06. The molecular weight excluding hydrogens is 300 g/mol. The van der Waals surface area contributed by atoms with Gasteiger partial charge in [0, 0.05) is 0 Å². The van der Waals surface area contributed by atoms with E-state index in [4.69, 9.17) is 9.47 Å². The van der Waals surface area contributed by atoms with E-state index in [1.807, 2.05) is 55.5 Å². The summed E-state index contributed by atoms with van der Waals surface area (Å²) < 4.78 is 11.3. The molecule has 128 valence electrons. The van der Waals surface area contributed by atoms with Crippen molar-refractivity contribution < 1.29 is 14.3 Å². The second kappa shape index (κ2) is 9.11. The quantitative estimate of drug-likeness (QED) is 0.657. The number of hydrogen-bond donors (Lipinski definition) is 0. The summed E-state index contributed by atoms with van der Waals surface area (Å²) >= 11 is 0. The van der Waals surface area contributed by atoms with E-state index in [9.17, 15) is 4.79 Å². The lowest BCUT2D eigenvalue weighted by Crippen LogP contribution is -2.23. The highest BCUT2D eigenvalue weighted by Gasteiger charge is 2.14. The first kappa shape index (κ1) is 18.1. The largest absolute Gasteiger partial charge is 0.489 e. The smallest absolute Gasteiger partial charge is 0.310 e. The molecule has 0 fully saturated rings. The van der Waals surface area contributed by atoms with Crippen molar-refractivity contribution in [2.75, 3.05) is 6.61 Å². The monoisotopic (exact) mass is 326 g/mol. The van der Waals surface area contributed by atoms with Crippen LogP contribution in [0, 0.1) is 0 Å². The van der Waals surface area contributed by atoms with E-state index in [0.29, 0.717) is 12.5 Å². The number of ether oxygens (including phenoxy) is 2.